The largest absolute Gasteiger partial charge is 0.363 e. The molecule has 4 aromatic rings. The van der Waals surface area contributed by atoms with E-state index < -0.39 is 15.8 Å². The van der Waals surface area contributed by atoms with Crippen LogP contribution in [0, 0.1) is 5.82 Å². The average Bonchev–Trinajstić information content (AvgIpc) is 3.44. The van der Waals surface area contributed by atoms with Gasteiger partial charge in [0.1, 0.15) is 0 Å². The van der Waals surface area contributed by atoms with E-state index in [2.05, 4.69) is 25.6 Å². The number of fused-ring (bicyclic) bond motifs is 1. The Balaban J connectivity index is 1.60. The fourth-order valence-electron chi connectivity index (χ4n) is 3.87. The van der Waals surface area contributed by atoms with Crippen LogP contribution in [0.4, 0.5) is 10.2 Å². The number of nitrogens with one attached hydrogen (secondary N) is 2. The molecule has 1 aliphatic heterocycles. The molecular formula is C22H20ClFN6O2S. The molecule has 1 unspecified atom stereocenters. The second-order valence-electron chi connectivity index (χ2n) is 7.83. The Morgan fingerprint density at radius 2 is 2.03 bits per heavy atom. The zero-order valence-electron chi connectivity index (χ0n) is 17.4. The number of halogens is 2. The van der Waals surface area contributed by atoms with Gasteiger partial charge < -0.3 is 10.6 Å². The molecule has 11 heteroatoms. The third-order valence-corrected chi connectivity index (χ3v) is 7.24. The van der Waals surface area contributed by atoms with Crippen LogP contribution in [0.1, 0.15) is 12.0 Å². The quantitative estimate of drug-likeness (QED) is 0.430. The van der Waals surface area contributed by atoms with Crippen LogP contribution in [-0.4, -0.2) is 46.5 Å². The lowest BCUT2D eigenvalue weighted by Gasteiger charge is -2.13. The Kier molecular flexibility index (Phi) is 5.73. The van der Waals surface area contributed by atoms with Crippen molar-refractivity contribution in [1.29, 1.82) is 0 Å². The topological polar surface area (TPSA) is 102 Å². The molecule has 2 N–H and O–H groups in total. The highest BCUT2D eigenvalue weighted by atomic mass is 35.5. The lowest BCUT2D eigenvalue weighted by Crippen LogP contribution is -2.23. The van der Waals surface area contributed by atoms with E-state index in [9.17, 15) is 12.8 Å². The van der Waals surface area contributed by atoms with E-state index in [4.69, 9.17) is 11.6 Å². The van der Waals surface area contributed by atoms with E-state index in [0.717, 1.165) is 23.1 Å². The summed E-state index contributed by atoms with van der Waals surface area (Å²) in [7, 11) is -3.82. The Hall–Kier alpha value is -3.08. The maximum absolute atomic E-state index is 14.4. The smallest absolute Gasteiger partial charge is 0.244 e. The first kappa shape index (κ1) is 21.7. The number of hydrogen-bond acceptors (Lipinski definition) is 7. The van der Waals surface area contributed by atoms with Gasteiger partial charge in [-0.2, -0.15) is 0 Å². The first-order valence-electron chi connectivity index (χ1n) is 10.3. The van der Waals surface area contributed by atoms with Crippen LogP contribution >= 0.6 is 11.6 Å². The minimum absolute atomic E-state index is 0.0472. The highest BCUT2D eigenvalue weighted by Gasteiger charge is 2.24. The van der Waals surface area contributed by atoms with E-state index in [0.29, 0.717) is 28.1 Å². The molecule has 8 nitrogen and oxygen atoms in total. The summed E-state index contributed by atoms with van der Waals surface area (Å²) < 4.78 is 42.1. The summed E-state index contributed by atoms with van der Waals surface area (Å²) in [6.45, 7) is 1.55. The minimum Gasteiger partial charge on any atom is -0.363 e. The molecule has 1 saturated heterocycles. The summed E-state index contributed by atoms with van der Waals surface area (Å²) in [6.07, 6.45) is 4.72. The molecule has 0 spiro atoms. The van der Waals surface area contributed by atoms with E-state index in [1.807, 2.05) is 6.07 Å². The molecule has 1 fully saturated rings. The van der Waals surface area contributed by atoms with Gasteiger partial charge in [-0.3, -0.25) is 0 Å². The van der Waals surface area contributed by atoms with Crippen molar-refractivity contribution in [1.82, 2.24) is 24.2 Å². The van der Waals surface area contributed by atoms with Crippen LogP contribution in [0.5, 0.6) is 0 Å². The molecule has 170 valence electrons. The van der Waals surface area contributed by atoms with Gasteiger partial charge in [0.2, 0.25) is 10.0 Å². The first-order valence-corrected chi connectivity index (χ1v) is 12.3. The van der Waals surface area contributed by atoms with Gasteiger partial charge in [0, 0.05) is 35.9 Å². The predicted octanol–water partition coefficient (Wildman–Crippen LogP) is 3.44. The zero-order chi connectivity index (χ0) is 23.0. The van der Waals surface area contributed by atoms with E-state index in [1.54, 1.807) is 30.3 Å². The Morgan fingerprint density at radius 1 is 1.21 bits per heavy atom. The predicted molar refractivity (Wildman–Crippen MR) is 125 cm³/mol. The number of anilines is 1. The molecule has 3 aromatic heterocycles. The second-order valence-corrected chi connectivity index (χ2v) is 10.1. The fourth-order valence-corrected chi connectivity index (χ4v) is 5.45. The molecule has 4 heterocycles. The maximum Gasteiger partial charge on any atom is 0.244 e. The number of hydrogen-bond donors (Lipinski definition) is 2. The molecule has 1 aromatic carbocycles. The van der Waals surface area contributed by atoms with Crippen LogP contribution in [0.25, 0.3) is 22.4 Å². The number of rotatable bonds is 6. The number of benzene rings is 1. The lowest BCUT2D eigenvalue weighted by molar-refractivity contribution is 0.588. The van der Waals surface area contributed by atoms with Crippen molar-refractivity contribution in [3.8, 4) is 11.4 Å². The molecule has 0 saturated carbocycles. The van der Waals surface area contributed by atoms with Crippen molar-refractivity contribution >= 4 is 38.5 Å². The number of aromatic nitrogens is 4. The molecule has 33 heavy (non-hydrogen) atoms. The van der Waals surface area contributed by atoms with Gasteiger partial charge >= 0.3 is 0 Å². The average molecular weight is 487 g/mol. The highest BCUT2D eigenvalue weighted by Crippen LogP contribution is 2.32. The normalized spacial score (nSPS) is 16.4. The Labute approximate surface area is 194 Å². The SMILES string of the molecule is O=S(=O)(Cc1ccccc1)n1cc(-c2ncc(F)c(NC3CCNC3)n2)c2cc(Cl)cnc21. The first-order chi connectivity index (χ1) is 15.9. The van der Waals surface area contributed by atoms with Crippen molar-refractivity contribution in [3.63, 3.8) is 0 Å². The Bertz CT molecular complexity index is 1420. The summed E-state index contributed by atoms with van der Waals surface area (Å²) in [6, 6.07) is 10.5. The van der Waals surface area contributed by atoms with Crippen molar-refractivity contribution in [2.75, 3.05) is 18.4 Å². The van der Waals surface area contributed by atoms with Crippen LogP contribution in [-0.2, 0) is 15.8 Å². The van der Waals surface area contributed by atoms with Gasteiger partial charge in [0.05, 0.1) is 17.0 Å². The fraction of sp³-hybridized carbons (Fsp3) is 0.227. The summed E-state index contributed by atoms with van der Waals surface area (Å²) in [5.41, 5.74) is 1.24. The third-order valence-electron chi connectivity index (χ3n) is 5.46. The second kappa shape index (κ2) is 8.69. The maximum atomic E-state index is 14.4. The van der Waals surface area contributed by atoms with Gasteiger partial charge in [-0.25, -0.2) is 31.7 Å². The van der Waals surface area contributed by atoms with Gasteiger partial charge in [0.25, 0.3) is 0 Å². The molecule has 0 radical (unpaired) electrons. The van der Waals surface area contributed by atoms with E-state index in [-0.39, 0.29) is 29.1 Å². The summed E-state index contributed by atoms with van der Waals surface area (Å²) >= 11 is 6.16. The van der Waals surface area contributed by atoms with Crippen LogP contribution in [0.3, 0.4) is 0 Å². The highest BCUT2D eigenvalue weighted by molar-refractivity contribution is 7.89. The van der Waals surface area contributed by atoms with Crippen molar-refractivity contribution in [2.45, 2.75) is 18.2 Å². The molecule has 0 aliphatic carbocycles. The van der Waals surface area contributed by atoms with Gasteiger partial charge in [-0.05, 0) is 24.6 Å². The zero-order valence-corrected chi connectivity index (χ0v) is 18.9. The van der Waals surface area contributed by atoms with E-state index >= 15 is 0 Å². The molecule has 0 bridgehead atoms. The molecule has 5 rings (SSSR count). The van der Waals surface area contributed by atoms with Crippen molar-refractivity contribution in [3.05, 3.63) is 71.4 Å². The third kappa shape index (κ3) is 4.41. The minimum atomic E-state index is -3.82. The summed E-state index contributed by atoms with van der Waals surface area (Å²) in [5.74, 6) is -0.556. The monoisotopic (exact) mass is 486 g/mol. The van der Waals surface area contributed by atoms with Crippen molar-refractivity contribution < 1.29 is 12.8 Å². The van der Waals surface area contributed by atoms with Gasteiger partial charge in [-0.1, -0.05) is 41.9 Å². The van der Waals surface area contributed by atoms with Gasteiger partial charge in [0.15, 0.2) is 23.1 Å². The van der Waals surface area contributed by atoms with Gasteiger partial charge in [-0.15, -0.1) is 0 Å². The molecular weight excluding hydrogens is 467 g/mol. The summed E-state index contributed by atoms with van der Waals surface area (Å²) in [5, 5.41) is 7.09. The standard InChI is InChI=1S/C22H20ClFN6O2S/c23-15-8-17-18(20-26-11-19(24)21(29-20)28-16-6-7-25-10-16)12-30(22(17)27-9-15)33(31,32)13-14-4-2-1-3-5-14/h1-5,8-9,11-12,16,25H,6-7,10,13H2,(H,26,28,29). The van der Waals surface area contributed by atoms with Crippen LogP contribution in [0.15, 0.2) is 55.0 Å². The van der Waals surface area contributed by atoms with Crippen LogP contribution in [0.2, 0.25) is 5.02 Å². The number of nitrogens with zero attached hydrogens (tertiary/aromatic N) is 4. The van der Waals surface area contributed by atoms with E-state index in [1.165, 1.54) is 12.4 Å². The van der Waals surface area contributed by atoms with Crippen molar-refractivity contribution in [2.24, 2.45) is 0 Å². The molecule has 0 amide bonds. The molecule has 1 aliphatic rings. The lowest BCUT2D eigenvalue weighted by atomic mass is 10.2. The Morgan fingerprint density at radius 3 is 2.79 bits per heavy atom. The molecule has 1 atom stereocenters. The number of pyridine rings is 1. The summed E-state index contributed by atoms with van der Waals surface area (Å²) in [4.78, 5) is 12.7. The van der Waals surface area contributed by atoms with Crippen LogP contribution < -0.4 is 10.6 Å².